The molecule has 0 spiro atoms. The molecule has 0 atom stereocenters. The minimum absolute atomic E-state index is 0.0953. The number of ether oxygens (including phenoxy) is 3. The van der Waals surface area contributed by atoms with Gasteiger partial charge in [0.2, 0.25) is 0 Å². The Hall–Kier alpha value is -2.88. The fourth-order valence-corrected chi connectivity index (χ4v) is 4.04. The van der Waals surface area contributed by atoms with Crippen molar-refractivity contribution in [3.8, 4) is 22.8 Å². The molecule has 0 aliphatic heterocycles. The highest BCUT2D eigenvalue weighted by Gasteiger charge is 2.25. The second-order valence-corrected chi connectivity index (χ2v) is 14.8. The summed E-state index contributed by atoms with van der Waals surface area (Å²) in [5, 5.41) is 16.4. The van der Waals surface area contributed by atoms with Gasteiger partial charge < -0.3 is 14.2 Å². The molecule has 176 valence electrons. The van der Waals surface area contributed by atoms with Crippen LogP contribution in [0.4, 0.5) is 5.69 Å². The molecule has 0 amide bonds. The van der Waals surface area contributed by atoms with Gasteiger partial charge in [-0.15, -0.1) is 0 Å². The second-order valence-electron chi connectivity index (χ2n) is 8.76. The molecular weight excluding hydrogens is 462 g/mol. The number of hydrogen-bond donors (Lipinski definition) is 0. The van der Waals surface area contributed by atoms with Gasteiger partial charge in [-0.05, 0) is 41.9 Å². The maximum Gasteiger partial charge on any atom is 0.315 e. The van der Waals surface area contributed by atoms with Crippen LogP contribution in [-0.4, -0.2) is 36.5 Å². The van der Waals surface area contributed by atoms with Crippen LogP contribution in [0.1, 0.15) is 5.56 Å². The lowest BCUT2D eigenvalue weighted by atomic mass is 10.1. The van der Waals surface area contributed by atoms with Crippen molar-refractivity contribution >= 4 is 25.4 Å². The number of aromatic nitrogens is 2. The number of hydrogen-bond acceptors (Lipinski definition) is 6. The van der Waals surface area contributed by atoms with E-state index in [0.717, 1.165) is 17.4 Å². The van der Waals surface area contributed by atoms with E-state index in [4.69, 9.17) is 25.8 Å². The molecule has 1 aromatic heterocycles. The predicted molar refractivity (Wildman–Crippen MR) is 131 cm³/mol. The van der Waals surface area contributed by atoms with E-state index in [0.29, 0.717) is 28.6 Å². The van der Waals surface area contributed by atoms with Crippen LogP contribution in [0, 0.1) is 10.1 Å². The van der Waals surface area contributed by atoms with Crippen molar-refractivity contribution < 1.29 is 19.1 Å². The Bertz CT molecular complexity index is 1100. The van der Waals surface area contributed by atoms with Crippen LogP contribution < -0.4 is 9.47 Å². The minimum atomic E-state index is -1.26. The molecule has 8 nitrogen and oxygen atoms in total. The van der Waals surface area contributed by atoms with Gasteiger partial charge in [0.1, 0.15) is 31.0 Å². The average Bonchev–Trinajstić information content (AvgIpc) is 3.19. The Kier molecular flexibility index (Phi) is 8.12. The minimum Gasteiger partial charge on any atom is -0.497 e. The summed E-state index contributed by atoms with van der Waals surface area (Å²) in [7, 11) is 0.348. The van der Waals surface area contributed by atoms with Gasteiger partial charge >= 0.3 is 5.69 Å². The molecule has 0 unspecified atom stereocenters. The van der Waals surface area contributed by atoms with Crippen LogP contribution in [0.15, 0.2) is 48.7 Å². The van der Waals surface area contributed by atoms with Gasteiger partial charge in [-0.2, -0.15) is 5.10 Å². The Morgan fingerprint density at radius 1 is 1.15 bits per heavy atom. The van der Waals surface area contributed by atoms with Crippen molar-refractivity contribution in [2.45, 2.75) is 39.0 Å². The highest BCUT2D eigenvalue weighted by molar-refractivity contribution is 6.76. The third kappa shape index (κ3) is 6.80. The van der Waals surface area contributed by atoms with Crippen molar-refractivity contribution in [3.05, 3.63) is 69.4 Å². The van der Waals surface area contributed by atoms with Gasteiger partial charge in [0.15, 0.2) is 5.69 Å². The van der Waals surface area contributed by atoms with Crippen LogP contribution in [-0.2, 0) is 18.1 Å². The summed E-state index contributed by atoms with van der Waals surface area (Å²) in [5.41, 5.74) is 1.56. The lowest BCUT2D eigenvalue weighted by molar-refractivity contribution is -0.384. The first kappa shape index (κ1) is 24.8. The number of methoxy groups -OCH3 is 1. The molecule has 0 bridgehead atoms. The predicted octanol–water partition coefficient (Wildman–Crippen LogP) is 6.01. The number of nitro groups is 1. The molecule has 0 aliphatic rings. The van der Waals surface area contributed by atoms with Crippen LogP contribution in [0.2, 0.25) is 30.7 Å². The molecule has 0 fully saturated rings. The van der Waals surface area contributed by atoms with E-state index in [-0.39, 0.29) is 19.0 Å². The third-order valence-electron chi connectivity index (χ3n) is 4.98. The summed E-state index contributed by atoms with van der Waals surface area (Å²) in [4.78, 5) is 11.3. The highest BCUT2D eigenvalue weighted by Crippen LogP contribution is 2.38. The summed E-state index contributed by atoms with van der Waals surface area (Å²) >= 11 is 6.25. The smallest absolute Gasteiger partial charge is 0.315 e. The van der Waals surface area contributed by atoms with Gasteiger partial charge in [-0.25, -0.2) is 4.68 Å². The number of nitrogens with zero attached hydrogens (tertiary/aromatic N) is 3. The summed E-state index contributed by atoms with van der Waals surface area (Å²) in [6.07, 6.45) is 1.23. The molecule has 33 heavy (non-hydrogen) atoms. The maximum absolute atomic E-state index is 11.7. The van der Waals surface area contributed by atoms with Gasteiger partial charge in [-0.1, -0.05) is 43.4 Å². The van der Waals surface area contributed by atoms with Crippen molar-refractivity contribution in [1.82, 2.24) is 9.78 Å². The van der Waals surface area contributed by atoms with E-state index < -0.39 is 13.0 Å². The summed E-state index contributed by atoms with van der Waals surface area (Å²) < 4.78 is 18.5. The zero-order chi connectivity index (χ0) is 24.0. The summed E-state index contributed by atoms with van der Waals surface area (Å²) in [5.74, 6) is 1.21. The average molecular weight is 490 g/mol. The van der Waals surface area contributed by atoms with E-state index in [1.165, 1.54) is 10.9 Å². The molecule has 3 aromatic rings. The van der Waals surface area contributed by atoms with Crippen LogP contribution in [0.5, 0.6) is 11.5 Å². The van der Waals surface area contributed by atoms with E-state index in [2.05, 4.69) is 24.7 Å². The Labute approximate surface area is 199 Å². The first-order valence-electron chi connectivity index (χ1n) is 10.5. The van der Waals surface area contributed by atoms with Crippen molar-refractivity contribution in [1.29, 1.82) is 0 Å². The van der Waals surface area contributed by atoms with Crippen molar-refractivity contribution in [2.24, 2.45) is 0 Å². The molecule has 10 heteroatoms. The molecule has 0 N–H and O–H groups in total. The van der Waals surface area contributed by atoms with E-state index in [1.54, 1.807) is 25.3 Å². The van der Waals surface area contributed by atoms with Gasteiger partial charge in [-0.3, -0.25) is 10.1 Å². The number of rotatable bonds is 11. The molecular formula is C23H28ClN3O5Si. The zero-order valence-electron chi connectivity index (χ0n) is 19.2. The van der Waals surface area contributed by atoms with E-state index in [1.807, 2.05) is 24.3 Å². The maximum atomic E-state index is 11.7. The van der Waals surface area contributed by atoms with Gasteiger partial charge in [0.25, 0.3) is 0 Å². The fourth-order valence-electron chi connectivity index (χ4n) is 3.11. The molecule has 0 saturated carbocycles. The van der Waals surface area contributed by atoms with Crippen LogP contribution >= 0.6 is 11.6 Å². The Morgan fingerprint density at radius 2 is 1.88 bits per heavy atom. The number of benzene rings is 2. The normalized spacial score (nSPS) is 11.4. The van der Waals surface area contributed by atoms with E-state index in [9.17, 15) is 10.1 Å². The Balaban J connectivity index is 1.88. The quantitative estimate of drug-likeness (QED) is 0.142. The van der Waals surface area contributed by atoms with Crippen molar-refractivity contribution in [3.63, 3.8) is 0 Å². The first-order chi connectivity index (χ1) is 15.7. The number of halogens is 1. The molecule has 0 aliphatic carbocycles. The summed E-state index contributed by atoms with van der Waals surface area (Å²) in [6.45, 7) is 7.72. The second kappa shape index (κ2) is 10.8. The van der Waals surface area contributed by atoms with Crippen LogP contribution in [0.3, 0.4) is 0 Å². The van der Waals surface area contributed by atoms with Gasteiger partial charge in [0.05, 0.1) is 17.6 Å². The lowest BCUT2D eigenvalue weighted by Crippen LogP contribution is -2.22. The van der Waals surface area contributed by atoms with E-state index >= 15 is 0 Å². The third-order valence-corrected chi connectivity index (χ3v) is 6.92. The standard InChI is InChI=1S/C23H28ClN3O5Si/c1-30-19-8-5-17(6-9-19)15-32-22-10-7-18(24)13-20(22)23-21(27(28)29)14-25-26(23)16-31-11-12-33(2,3)4/h5-10,13-14H,11-12,15-16H2,1-4H3. The zero-order valence-corrected chi connectivity index (χ0v) is 21.0. The molecule has 0 saturated heterocycles. The van der Waals surface area contributed by atoms with Gasteiger partial charge in [0, 0.05) is 19.7 Å². The lowest BCUT2D eigenvalue weighted by Gasteiger charge is -2.16. The molecule has 3 rings (SSSR count). The van der Waals surface area contributed by atoms with Crippen LogP contribution in [0.25, 0.3) is 11.3 Å². The molecule has 1 heterocycles. The highest BCUT2D eigenvalue weighted by atomic mass is 35.5. The molecule has 0 radical (unpaired) electrons. The monoisotopic (exact) mass is 489 g/mol. The fraction of sp³-hybridized carbons (Fsp3) is 0.348. The SMILES string of the molecule is COc1ccc(COc2ccc(Cl)cc2-c2c([N+](=O)[O-])cnn2COCC[Si](C)(C)C)cc1. The first-order valence-corrected chi connectivity index (χ1v) is 14.6. The Morgan fingerprint density at radius 3 is 2.52 bits per heavy atom. The topological polar surface area (TPSA) is 88.6 Å². The summed E-state index contributed by atoms with van der Waals surface area (Å²) in [6, 6.07) is 13.5. The van der Waals surface area contributed by atoms with Crippen molar-refractivity contribution in [2.75, 3.05) is 13.7 Å². The largest absolute Gasteiger partial charge is 0.497 e. The molecule has 2 aromatic carbocycles.